The number of tetrazole rings is 1. The summed E-state index contributed by atoms with van der Waals surface area (Å²) < 4.78 is 10.9. The van der Waals surface area contributed by atoms with Crippen LogP contribution < -0.4 is 9.47 Å². The number of aromatic carboxylic acids is 1. The first-order valence-corrected chi connectivity index (χ1v) is 6.46. The molecule has 0 aliphatic heterocycles. The van der Waals surface area contributed by atoms with Crippen LogP contribution in [0.25, 0.3) is 0 Å². The summed E-state index contributed by atoms with van der Waals surface area (Å²) in [7, 11) is 1.64. The van der Waals surface area contributed by atoms with E-state index in [0.29, 0.717) is 18.2 Å². The van der Waals surface area contributed by atoms with Gasteiger partial charge in [0, 0.05) is 6.07 Å². The predicted octanol–water partition coefficient (Wildman–Crippen LogP) is 1.28. The fourth-order valence-corrected chi connectivity index (χ4v) is 1.63. The molecule has 8 heteroatoms. The third kappa shape index (κ3) is 3.91. The van der Waals surface area contributed by atoms with Crippen LogP contribution in [0, 0.1) is 0 Å². The van der Waals surface area contributed by atoms with Crippen LogP contribution in [-0.2, 0) is 13.7 Å². The van der Waals surface area contributed by atoms with Gasteiger partial charge in [0.2, 0.25) is 5.82 Å². The number of carbonyl (C=O) groups is 1. The smallest absolute Gasteiger partial charge is 0.339 e. The van der Waals surface area contributed by atoms with Gasteiger partial charge in [0.15, 0.2) is 6.61 Å². The minimum atomic E-state index is -1.07. The monoisotopic (exact) mass is 292 g/mol. The first kappa shape index (κ1) is 14.8. The van der Waals surface area contributed by atoms with Gasteiger partial charge >= 0.3 is 5.97 Å². The summed E-state index contributed by atoms with van der Waals surface area (Å²) in [6.07, 6.45) is 0.862. The summed E-state index contributed by atoms with van der Waals surface area (Å²) >= 11 is 0. The minimum absolute atomic E-state index is 0.0331. The molecule has 8 nitrogen and oxygen atoms in total. The lowest BCUT2D eigenvalue weighted by Gasteiger charge is -2.10. The van der Waals surface area contributed by atoms with Crippen molar-refractivity contribution < 1.29 is 19.4 Å². The summed E-state index contributed by atoms with van der Waals surface area (Å²) in [5, 5.41) is 20.6. The number of hydrogen-bond acceptors (Lipinski definition) is 6. The third-order valence-corrected chi connectivity index (χ3v) is 2.56. The van der Waals surface area contributed by atoms with Crippen LogP contribution in [0.4, 0.5) is 0 Å². The van der Waals surface area contributed by atoms with Crippen molar-refractivity contribution in [1.29, 1.82) is 0 Å². The van der Waals surface area contributed by atoms with Crippen molar-refractivity contribution in [3.05, 3.63) is 29.6 Å². The molecule has 0 fully saturated rings. The van der Waals surface area contributed by atoms with Crippen LogP contribution in [0.5, 0.6) is 11.5 Å². The molecule has 0 bridgehead atoms. The molecule has 112 valence electrons. The molecule has 2 rings (SSSR count). The zero-order valence-corrected chi connectivity index (χ0v) is 11.8. The zero-order valence-electron chi connectivity index (χ0n) is 11.8. The van der Waals surface area contributed by atoms with Crippen molar-refractivity contribution in [1.82, 2.24) is 20.2 Å². The number of aryl methyl sites for hydroxylation is 1. The number of hydrogen-bond donors (Lipinski definition) is 1. The van der Waals surface area contributed by atoms with E-state index in [1.54, 1.807) is 19.2 Å². The molecule has 1 N–H and O–H groups in total. The Bertz CT molecular complexity index is 626. The van der Waals surface area contributed by atoms with Crippen molar-refractivity contribution in [2.24, 2.45) is 7.05 Å². The molecule has 0 aliphatic carbocycles. The normalized spacial score (nSPS) is 10.4. The van der Waals surface area contributed by atoms with E-state index in [1.165, 1.54) is 10.9 Å². The van der Waals surface area contributed by atoms with E-state index in [9.17, 15) is 4.79 Å². The lowest BCUT2D eigenvalue weighted by molar-refractivity contribution is 0.0691. The average Bonchev–Trinajstić information content (AvgIpc) is 2.88. The Labute approximate surface area is 121 Å². The third-order valence-electron chi connectivity index (χ3n) is 2.56. The van der Waals surface area contributed by atoms with Crippen molar-refractivity contribution >= 4 is 5.97 Å². The highest BCUT2D eigenvalue weighted by molar-refractivity contribution is 5.91. The number of nitrogens with zero attached hydrogens (tertiary/aromatic N) is 4. The maximum atomic E-state index is 11.2. The Hall–Kier alpha value is -2.64. The molecule has 2 aromatic rings. The molecule has 1 aromatic heterocycles. The van der Waals surface area contributed by atoms with E-state index in [0.717, 1.165) is 6.42 Å². The van der Waals surface area contributed by atoms with E-state index in [4.69, 9.17) is 14.6 Å². The minimum Gasteiger partial charge on any atom is -0.493 e. The Morgan fingerprint density at radius 3 is 2.81 bits per heavy atom. The number of rotatable bonds is 7. The molecule has 0 radical (unpaired) electrons. The van der Waals surface area contributed by atoms with Crippen LogP contribution in [-0.4, -0.2) is 37.9 Å². The van der Waals surface area contributed by atoms with Crippen LogP contribution in [0.1, 0.15) is 29.5 Å². The van der Waals surface area contributed by atoms with Gasteiger partial charge < -0.3 is 14.6 Å². The summed E-state index contributed by atoms with van der Waals surface area (Å²) in [6.45, 7) is 2.58. The zero-order chi connectivity index (χ0) is 15.2. The molecule has 0 spiro atoms. The largest absolute Gasteiger partial charge is 0.493 e. The quantitative estimate of drug-likeness (QED) is 0.820. The second-order valence-corrected chi connectivity index (χ2v) is 4.30. The SMILES string of the molecule is CCCOc1ccc(C(=O)O)c(OCc2nnn(C)n2)c1. The van der Waals surface area contributed by atoms with E-state index in [-0.39, 0.29) is 17.9 Å². The van der Waals surface area contributed by atoms with Gasteiger partial charge in [-0.25, -0.2) is 4.79 Å². The standard InChI is InChI=1S/C13H16N4O4/c1-3-6-20-9-4-5-10(13(18)19)11(7-9)21-8-12-14-16-17(2)15-12/h4-5,7H,3,6,8H2,1-2H3,(H,18,19). The van der Waals surface area contributed by atoms with E-state index >= 15 is 0 Å². The Kier molecular flexibility index (Phi) is 4.70. The number of benzene rings is 1. The fraction of sp³-hybridized carbons (Fsp3) is 0.385. The summed E-state index contributed by atoms with van der Waals surface area (Å²) in [5.74, 6) is 0.0698. The molecule has 0 atom stereocenters. The van der Waals surface area contributed by atoms with Crippen LogP contribution in [0.15, 0.2) is 18.2 Å². The molecule has 1 aromatic carbocycles. The van der Waals surface area contributed by atoms with Gasteiger partial charge in [-0.3, -0.25) is 0 Å². The van der Waals surface area contributed by atoms with E-state index in [1.807, 2.05) is 6.92 Å². The molecule has 0 aliphatic rings. The highest BCUT2D eigenvalue weighted by atomic mass is 16.5. The predicted molar refractivity (Wildman–Crippen MR) is 72.3 cm³/mol. The van der Waals surface area contributed by atoms with Gasteiger partial charge in [-0.15, -0.1) is 10.2 Å². The fourth-order valence-electron chi connectivity index (χ4n) is 1.63. The summed E-state index contributed by atoms with van der Waals surface area (Å²) in [4.78, 5) is 12.5. The van der Waals surface area contributed by atoms with Gasteiger partial charge in [0.1, 0.15) is 17.1 Å². The van der Waals surface area contributed by atoms with Gasteiger partial charge in [0.05, 0.1) is 13.7 Å². The second-order valence-electron chi connectivity index (χ2n) is 4.30. The van der Waals surface area contributed by atoms with Crippen molar-refractivity contribution in [2.45, 2.75) is 20.0 Å². The van der Waals surface area contributed by atoms with Crippen molar-refractivity contribution in [2.75, 3.05) is 6.61 Å². The number of aromatic nitrogens is 4. The lowest BCUT2D eigenvalue weighted by Crippen LogP contribution is -2.05. The van der Waals surface area contributed by atoms with Crippen molar-refractivity contribution in [3.8, 4) is 11.5 Å². The molecule has 0 saturated heterocycles. The lowest BCUT2D eigenvalue weighted by atomic mass is 10.2. The van der Waals surface area contributed by atoms with Gasteiger partial charge in [0.25, 0.3) is 0 Å². The Balaban J connectivity index is 2.15. The first-order valence-electron chi connectivity index (χ1n) is 6.46. The van der Waals surface area contributed by atoms with Gasteiger partial charge in [-0.2, -0.15) is 4.80 Å². The molecular formula is C13H16N4O4. The van der Waals surface area contributed by atoms with Crippen LogP contribution in [0.3, 0.4) is 0 Å². The second kappa shape index (κ2) is 6.69. The topological polar surface area (TPSA) is 99.4 Å². The summed E-state index contributed by atoms with van der Waals surface area (Å²) in [6, 6.07) is 4.61. The Morgan fingerprint density at radius 1 is 1.38 bits per heavy atom. The molecule has 0 saturated carbocycles. The maximum absolute atomic E-state index is 11.2. The first-order chi connectivity index (χ1) is 10.1. The Morgan fingerprint density at radius 2 is 2.19 bits per heavy atom. The highest BCUT2D eigenvalue weighted by Gasteiger charge is 2.14. The molecule has 21 heavy (non-hydrogen) atoms. The number of carboxylic acid groups (broad SMARTS) is 1. The van der Waals surface area contributed by atoms with E-state index < -0.39 is 5.97 Å². The van der Waals surface area contributed by atoms with Crippen LogP contribution in [0.2, 0.25) is 0 Å². The number of ether oxygens (including phenoxy) is 2. The molecular weight excluding hydrogens is 276 g/mol. The molecule has 0 amide bonds. The highest BCUT2D eigenvalue weighted by Crippen LogP contribution is 2.25. The molecule has 1 heterocycles. The molecule has 0 unspecified atom stereocenters. The van der Waals surface area contributed by atoms with Crippen molar-refractivity contribution in [3.63, 3.8) is 0 Å². The van der Waals surface area contributed by atoms with Gasteiger partial charge in [-0.05, 0) is 23.8 Å². The number of carboxylic acids is 1. The van der Waals surface area contributed by atoms with Gasteiger partial charge in [-0.1, -0.05) is 6.92 Å². The van der Waals surface area contributed by atoms with E-state index in [2.05, 4.69) is 15.4 Å². The maximum Gasteiger partial charge on any atom is 0.339 e. The average molecular weight is 292 g/mol. The summed E-state index contributed by atoms with van der Waals surface area (Å²) in [5.41, 5.74) is 0.0581. The van der Waals surface area contributed by atoms with Crippen LogP contribution >= 0.6 is 0 Å².